The maximum atomic E-state index is 10.5. The van der Waals surface area contributed by atoms with E-state index in [2.05, 4.69) is 13.2 Å². The summed E-state index contributed by atoms with van der Waals surface area (Å²) in [7, 11) is 0. The van der Waals surface area contributed by atoms with Gasteiger partial charge < -0.3 is 4.74 Å². The zero-order valence-electron chi connectivity index (χ0n) is 7.04. The van der Waals surface area contributed by atoms with Crippen LogP contribution in [-0.2, 0) is 9.53 Å². The summed E-state index contributed by atoms with van der Waals surface area (Å²) >= 11 is 0. The van der Waals surface area contributed by atoms with E-state index in [1.54, 1.807) is 12.2 Å². The second-order valence-electron chi connectivity index (χ2n) is 2.40. The summed E-state index contributed by atoms with van der Waals surface area (Å²) in [5, 5.41) is 0. The first-order chi connectivity index (χ1) is 5.11. The third-order valence-corrected chi connectivity index (χ3v) is 1.42. The molecule has 0 amide bonds. The number of carbonyl (C=O) groups is 1. The van der Waals surface area contributed by atoms with Gasteiger partial charge in [0, 0.05) is 12.8 Å². The van der Waals surface area contributed by atoms with Gasteiger partial charge in [-0.1, -0.05) is 25.7 Å². The van der Waals surface area contributed by atoms with Crippen LogP contribution in [0.5, 0.6) is 0 Å². The first-order valence-electron chi connectivity index (χ1n) is 3.54. The van der Waals surface area contributed by atoms with E-state index in [-0.39, 0.29) is 18.0 Å². The normalized spacial score (nSPS) is 14.7. The second-order valence-corrected chi connectivity index (χ2v) is 2.40. The average molecular weight is 154 g/mol. The van der Waals surface area contributed by atoms with Crippen LogP contribution < -0.4 is 0 Å². The molecule has 0 aromatic heterocycles. The average Bonchev–Trinajstić information content (AvgIpc) is 1.98. The van der Waals surface area contributed by atoms with E-state index in [9.17, 15) is 4.79 Å². The van der Waals surface area contributed by atoms with Crippen LogP contribution in [0.2, 0.25) is 0 Å². The first-order valence-corrected chi connectivity index (χ1v) is 3.54. The molecule has 0 aromatic carbocycles. The van der Waals surface area contributed by atoms with E-state index in [1.165, 1.54) is 6.92 Å². The Hall–Kier alpha value is -1.05. The lowest BCUT2D eigenvalue weighted by Gasteiger charge is -2.16. The maximum absolute atomic E-state index is 10.5. The Kier molecular flexibility index (Phi) is 4.27. The van der Waals surface area contributed by atoms with Crippen molar-refractivity contribution in [3.05, 3.63) is 25.3 Å². The molecule has 2 heteroatoms. The van der Waals surface area contributed by atoms with Crippen LogP contribution in [0.1, 0.15) is 13.8 Å². The van der Waals surface area contributed by atoms with E-state index in [1.807, 2.05) is 6.92 Å². The van der Waals surface area contributed by atoms with Crippen molar-refractivity contribution in [1.82, 2.24) is 0 Å². The van der Waals surface area contributed by atoms with Gasteiger partial charge in [-0.05, 0) is 0 Å². The second kappa shape index (κ2) is 4.72. The van der Waals surface area contributed by atoms with E-state index in [0.717, 1.165) is 0 Å². The van der Waals surface area contributed by atoms with E-state index in [0.29, 0.717) is 0 Å². The van der Waals surface area contributed by atoms with Gasteiger partial charge in [0.05, 0.1) is 0 Å². The minimum absolute atomic E-state index is 0.122. The Labute approximate surface area is 67.6 Å². The van der Waals surface area contributed by atoms with Gasteiger partial charge in [0.15, 0.2) is 0 Å². The van der Waals surface area contributed by atoms with Crippen LogP contribution in [0.15, 0.2) is 25.3 Å². The van der Waals surface area contributed by atoms with Gasteiger partial charge in [-0.2, -0.15) is 0 Å². The van der Waals surface area contributed by atoms with Gasteiger partial charge in [0.1, 0.15) is 6.10 Å². The molecule has 0 aliphatic carbocycles. The summed E-state index contributed by atoms with van der Waals surface area (Å²) in [6.45, 7) is 10.5. The summed E-state index contributed by atoms with van der Waals surface area (Å²) in [6, 6.07) is 0. The molecule has 0 saturated heterocycles. The van der Waals surface area contributed by atoms with Crippen LogP contribution >= 0.6 is 0 Å². The molecular weight excluding hydrogens is 140 g/mol. The van der Waals surface area contributed by atoms with Crippen molar-refractivity contribution in [3.8, 4) is 0 Å². The highest BCUT2D eigenvalue weighted by Crippen LogP contribution is 2.09. The third kappa shape index (κ3) is 3.61. The summed E-state index contributed by atoms with van der Waals surface area (Å²) in [5.41, 5.74) is 0. The molecule has 62 valence electrons. The molecule has 2 nitrogen and oxygen atoms in total. The van der Waals surface area contributed by atoms with E-state index >= 15 is 0 Å². The lowest BCUT2D eigenvalue weighted by atomic mass is 10.1. The lowest BCUT2D eigenvalue weighted by Crippen LogP contribution is -2.19. The van der Waals surface area contributed by atoms with Crippen LogP contribution in [0.4, 0.5) is 0 Å². The molecule has 2 atom stereocenters. The molecule has 0 aliphatic heterocycles. The zero-order valence-corrected chi connectivity index (χ0v) is 7.04. The largest absolute Gasteiger partial charge is 0.458 e. The van der Waals surface area contributed by atoms with Crippen LogP contribution in [0.3, 0.4) is 0 Å². The monoisotopic (exact) mass is 154 g/mol. The van der Waals surface area contributed by atoms with Crippen molar-refractivity contribution in [2.75, 3.05) is 0 Å². The van der Waals surface area contributed by atoms with Gasteiger partial charge >= 0.3 is 5.97 Å². The number of carbonyl (C=O) groups excluding carboxylic acids is 1. The van der Waals surface area contributed by atoms with Gasteiger partial charge in [-0.25, -0.2) is 0 Å². The van der Waals surface area contributed by atoms with Gasteiger partial charge in [0.25, 0.3) is 0 Å². The zero-order chi connectivity index (χ0) is 8.85. The minimum Gasteiger partial charge on any atom is -0.458 e. The molecule has 0 spiro atoms. The Morgan fingerprint density at radius 3 is 2.27 bits per heavy atom. The quantitative estimate of drug-likeness (QED) is 0.457. The maximum Gasteiger partial charge on any atom is 0.303 e. The highest BCUT2D eigenvalue weighted by atomic mass is 16.5. The summed E-state index contributed by atoms with van der Waals surface area (Å²) in [6.07, 6.45) is 3.09. The Balaban J connectivity index is 4.04. The molecule has 0 fully saturated rings. The summed E-state index contributed by atoms with van der Waals surface area (Å²) < 4.78 is 4.92. The fourth-order valence-electron chi connectivity index (χ4n) is 0.696. The molecule has 0 aliphatic rings. The summed E-state index contributed by atoms with van der Waals surface area (Å²) in [5.74, 6) is -0.167. The fourth-order valence-corrected chi connectivity index (χ4v) is 0.696. The smallest absolute Gasteiger partial charge is 0.303 e. The molecular formula is C9H14O2. The number of ether oxygens (including phenoxy) is 1. The van der Waals surface area contributed by atoms with Crippen molar-refractivity contribution in [1.29, 1.82) is 0 Å². The minimum atomic E-state index is -0.288. The molecule has 0 aromatic rings. The molecule has 0 rings (SSSR count). The van der Waals surface area contributed by atoms with Gasteiger partial charge in [-0.15, -0.1) is 6.58 Å². The Morgan fingerprint density at radius 1 is 1.45 bits per heavy atom. The van der Waals surface area contributed by atoms with Crippen molar-refractivity contribution < 1.29 is 9.53 Å². The number of hydrogen-bond donors (Lipinski definition) is 0. The molecule has 0 bridgehead atoms. The van der Waals surface area contributed by atoms with Crippen molar-refractivity contribution in [2.24, 2.45) is 5.92 Å². The Bertz CT molecular complexity index is 161. The highest BCUT2D eigenvalue weighted by Gasteiger charge is 2.12. The van der Waals surface area contributed by atoms with Crippen LogP contribution in [0, 0.1) is 5.92 Å². The molecule has 11 heavy (non-hydrogen) atoms. The number of hydrogen-bond acceptors (Lipinski definition) is 2. The highest BCUT2D eigenvalue weighted by molar-refractivity contribution is 5.66. The lowest BCUT2D eigenvalue weighted by molar-refractivity contribution is -0.145. The number of esters is 1. The van der Waals surface area contributed by atoms with Crippen LogP contribution in [-0.4, -0.2) is 12.1 Å². The predicted octanol–water partition coefficient (Wildman–Crippen LogP) is 1.93. The SMILES string of the molecule is C=C[C@@H](C)[C@H](C=C)OC(C)=O. The van der Waals surface area contributed by atoms with Crippen molar-refractivity contribution >= 4 is 5.97 Å². The van der Waals surface area contributed by atoms with E-state index < -0.39 is 0 Å². The third-order valence-electron chi connectivity index (χ3n) is 1.42. The van der Waals surface area contributed by atoms with Crippen molar-refractivity contribution in [3.63, 3.8) is 0 Å². The van der Waals surface area contributed by atoms with Gasteiger partial charge in [0.2, 0.25) is 0 Å². The molecule has 0 unspecified atom stereocenters. The predicted molar refractivity (Wildman–Crippen MR) is 45.1 cm³/mol. The number of rotatable bonds is 4. The summed E-state index contributed by atoms with van der Waals surface area (Å²) in [4.78, 5) is 10.5. The molecule has 0 heterocycles. The van der Waals surface area contributed by atoms with Gasteiger partial charge in [-0.3, -0.25) is 4.79 Å². The van der Waals surface area contributed by atoms with Crippen molar-refractivity contribution in [2.45, 2.75) is 20.0 Å². The molecule has 0 saturated carbocycles. The van der Waals surface area contributed by atoms with E-state index in [4.69, 9.17) is 4.74 Å². The standard InChI is InChI=1S/C9H14O2/c1-5-7(3)9(6-2)11-8(4)10/h5-7,9H,1-2H2,3-4H3/t7-,9+/m1/s1. The fraction of sp³-hybridized carbons (Fsp3) is 0.444. The Morgan fingerprint density at radius 2 is 2.00 bits per heavy atom. The molecule has 0 N–H and O–H groups in total. The van der Waals surface area contributed by atoms with Crippen LogP contribution in [0.25, 0.3) is 0 Å². The molecule has 0 radical (unpaired) electrons. The topological polar surface area (TPSA) is 26.3 Å². The first kappa shape index (κ1) is 9.95.